The maximum absolute atomic E-state index is 14.2. The predicted octanol–water partition coefficient (Wildman–Crippen LogP) is 3.54. The van der Waals surface area contributed by atoms with Crippen LogP contribution < -0.4 is 11.2 Å². The van der Waals surface area contributed by atoms with Gasteiger partial charge in [-0.15, -0.1) is 0 Å². The lowest BCUT2D eigenvalue weighted by Gasteiger charge is -2.21. The molecule has 0 spiro atoms. The van der Waals surface area contributed by atoms with Crippen LogP contribution in [0.1, 0.15) is 19.4 Å². The zero-order chi connectivity index (χ0) is 19.9. The van der Waals surface area contributed by atoms with Crippen molar-refractivity contribution in [2.24, 2.45) is 0 Å². The Kier molecular flexibility index (Phi) is 5.29. The highest BCUT2D eigenvalue weighted by atomic mass is 79.9. The molecule has 3 aromatic rings. The lowest BCUT2D eigenvalue weighted by atomic mass is 10.1. The molecule has 0 fully saturated rings. The van der Waals surface area contributed by atoms with Crippen molar-refractivity contribution in [3.63, 3.8) is 0 Å². The molecule has 0 amide bonds. The molecule has 0 aliphatic heterocycles. The fourth-order valence-corrected chi connectivity index (χ4v) is 3.39. The van der Waals surface area contributed by atoms with Gasteiger partial charge in [0.2, 0.25) is 0 Å². The molecule has 3 rings (SSSR count). The van der Waals surface area contributed by atoms with Crippen LogP contribution in [-0.2, 0) is 13.1 Å². The van der Waals surface area contributed by atoms with Gasteiger partial charge in [0.05, 0.1) is 29.6 Å². The average molecular weight is 456 g/mol. The lowest BCUT2D eigenvalue weighted by molar-refractivity contribution is 0.0610. The van der Waals surface area contributed by atoms with Gasteiger partial charge in [0, 0.05) is 15.1 Å². The number of hydrogen-bond donors (Lipinski definition) is 1. The molecule has 0 atom stereocenters. The van der Waals surface area contributed by atoms with Gasteiger partial charge in [-0.1, -0.05) is 33.6 Å². The van der Waals surface area contributed by atoms with Crippen molar-refractivity contribution in [2.75, 3.05) is 0 Å². The minimum absolute atomic E-state index is 0.0498. The Bertz CT molecular complexity index is 1150. The molecule has 0 bridgehead atoms. The molecular formula is C19H17BrClFN2O3. The predicted molar refractivity (Wildman–Crippen MR) is 107 cm³/mol. The maximum Gasteiger partial charge on any atom is 0.331 e. The fourth-order valence-electron chi connectivity index (χ4n) is 2.89. The first-order valence-electron chi connectivity index (χ1n) is 8.16. The SMILES string of the molecule is CC(C)(O)Cn1c(=O)n(Cc2ccc(Br)cc2F)c(=O)c2ccc(Cl)cc21. The first-order chi connectivity index (χ1) is 12.6. The van der Waals surface area contributed by atoms with E-state index in [2.05, 4.69) is 15.9 Å². The van der Waals surface area contributed by atoms with E-state index in [1.807, 2.05) is 0 Å². The highest BCUT2D eigenvalue weighted by molar-refractivity contribution is 9.10. The molecular weight excluding hydrogens is 439 g/mol. The third-order valence-corrected chi connectivity index (χ3v) is 4.80. The smallest absolute Gasteiger partial charge is 0.331 e. The topological polar surface area (TPSA) is 64.2 Å². The highest BCUT2D eigenvalue weighted by Crippen LogP contribution is 2.19. The molecule has 0 aliphatic carbocycles. The largest absolute Gasteiger partial charge is 0.389 e. The molecule has 8 heteroatoms. The molecule has 142 valence electrons. The van der Waals surface area contributed by atoms with Crippen molar-refractivity contribution < 1.29 is 9.50 Å². The second-order valence-corrected chi connectivity index (χ2v) is 8.32. The second-order valence-electron chi connectivity index (χ2n) is 6.97. The summed E-state index contributed by atoms with van der Waals surface area (Å²) < 4.78 is 17.0. The van der Waals surface area contributed by atoms with E-state index in [-0.39, 0.29) is 24.0 Å². The lowest BCUT2D eigenvalue weighted by Crippen LogP contribution is -2.43. The van der Waals surface area contributed by atoms with Crippen LogP contribution >= 0.6 is 27.5 Å². The zero-order valence-electron chi connectivity index (χ0n) is 14.7. The number of fused-ring (bicyclic) bond motifs is 1. The second kappa shape index (κ2) is 7.22. The summed E-state index contributed by atoms with van der Waals surface area (Å²) in [6, 6.07) is 9.01. The number of aliphatic hydroxyl groups is 1. The first kappa shape index (κ1) is 19.8. The van der Waals surface area contributed by atoms with Gasteiger partial charge in [-0.3, -0.25) is 13.9 Å². The van der Waals surface area contributed by atoms with Crippen molar-refractivity contribution in [1.82, 2.24) is 9.13 Å². The number of aromatic nitrogens is 2. The van der Waals surface area contributed by atoms with E-state index in [9.17, 15) is 19.1 Å². The van der Waals surface area contributed by atoms with E-state index < -0.39 is 22.7 Å². The third-order valence-electron chi connectivity index (χ3n) is 4.08. The maximum atomic E-state index is 14.2. The molecule has 0 saturated heterocycles. The van der Waals surface area contributed by atoms with Crippen LogP contribution in [0.2, 0.25) is 5.02 Å². The average Bonchev–Trinajstić information content (AvgIpc) is 2.56. The van der Waals surface area contributed by atoms with Gasteiger partial charge >= 0.3 is 5.69 Å². The van der Waals surface area contributed by atoms with E-state index >= 15 is 0 Å². The number of halogens is 3. The van der Waals surface area contributed by atoms with Crippen molar-refractivity contribution in [1.29, 1.82) is 0 Å². The van der Waals surface area contributed by atoms with E-state index in [1.165, 1.54) is 28.8 Å². The van der Waals surface area contributed by atoms with Gasteiger partial charge in [-0.25, -0.2) is 9.18 Å². The number of hydrogen-bond acceptors (Lipinski definition) is 3. The van der Waals surface area contributed by atoms with E-state index in [4.69, 9.17) is 11.6 Å². The monoisotopic (exact) mass is 454 g/mol. The van der Waals surface area contributed by atoms with Gasteiger partial charge in [0.25, 0.3) is 5.56 Å². The van der Waals surface area contributed by atoms with Gasteiger partial charge in [0.1, 0.15) is 5.82 Å². The molecule has 27 heavy (non-hydrogen) atoms. The summed E-state index contributed by atoms with van der Waals surface area (Å²) in [5.74, 6) is -0.527. The number of benzene rings is 2. The Morgan fingerprint density at radius 2 is 1.85 bits per heavy atom. The summed E-state index contributed by atoms with van der Waals surface area (Å²) in [6.45, 7) is 2.84. The molecule has 0 unspecified atom stereocenters. The van der Waals surface area contributed by atoms with Gasteiger partial charge in [-0.05, 0) is 44.2 Å². The van der Waals surface area contributed by atoms with Crippen LogP contribution in [0.15, 0.2) is 50.5 Å². The molecule has 0 radical (unpaired) electrons. The van der Waals surface area contributed by atoms with Crippen LogP contribution in [0.5, 0.6) is 0 Å². The van der Waals surface area contributed by atoms with Crippen LogP contribution in [0.4, 0.5) is 4.39 Å². The minimum Gasteiger partial charge on any atom is -0.389 e. The summed E-state index contributed by atoms with van der Waals surface area (Å²) in [5.41, 5.74) is -1.85. The Morgan fingerprint density at radius 3 is 2.48 bits per heavy atom. The summed E-state index contributed by atoms with van der Waals surface area (Å²) in [4.78, 5) is 25.9. The number of rotatable bonds is 4. The van der Waals surface area contributed by atoms with Crippen molar-refractivity contribution in [3.05, 3.63) is 78.1 Å². The normalized spacial score (nSPS) is 11.9. The molecule has 1 heterocycles. The molecule has 0 aliphatic rings. The summed E-state index contributed by atoms with van der Waals surface area (Å²) >= 11 is 9.21. The van der Waals surface area contributed by atoms with E-state index in [1.54, 1.807) is 26.0 Å². The third kappa shape index (κ3) is 4.15. The number of nitrogens with zero attached hydrogens (tertiary/aromatic N) is 2. The van der Waals surface area contributed by atoms with Crippen LogP contribution in [-0.4, -0.2) is 19.8 Å². The van der Waals surface area contributed by atoms with Crippen LogP contribution in [0.25, 0.3) is 10.9 Å². The van der Waals surface area contributed by atoms with Crippen molar-refractivity contribution in [3.8, 4) is 0 Å². The minimum atomic E-state index is -1.20. The molecule has 1 N–H and O–H groups in total. The zero-order valence-corrected chi connectivity index (χ0v) is 17.0. The summed E-state index contributed by atoms with van der Waals surface area (Å²) in [5, 5.41) is 10.8. The first-order valence-corrected chi connectivity index (χ1v) is 9.33. The van der Waals surface area contributed by atoms with Gasteiger partial charge in [0.15, 0.2) is 0 Å². The highest BCUT2D eigenvalue weighted by Gasteiger charge is 2.20. The molecule has 5 nitrogen and oxygen atoms in total. The van der Waals surface area contributed by atoms with Crippen molar-refractivity contribution in [2.45, 2.75) is 32.5 Å². The Balaban J connectivity index is 2.28. The van der Waals surface area contributed by atoms with E-state index in [0.29, 0.717) is 15.0 Å². The molecule has 0 saturated carbocycles. The molecule has 1 aromatic heterocycles. The fraction of sp³-hybridized carbons (Fsp3) is 0.263. The van der Waals surface area contributed by atoms with Gasteiger partial charge in [-0.2, -0.15) is 0 Å². The standard InChI is InChI=1S/C19H17BrClFN2O3/c1-19(2,27)10-24-16-8-13(21)5-6-14(16)17(25)23(18(24)26)9-11-3-4-12(20)7-15(11)22/h3-8,27H,9-10H2,1-2H3. The van der Waals surface area contributed by atoms with Crippen LogP contribution in [0.3, 0.4) is 0 Å². The Hall–Kier alpha value is -1.96. The van der Waals surface area contributed by atoms with Crippen molar-refractivity contribution >= 4 is 38.4 Å². The summed E-state index contributed by atoms with van der Waals surface area (Å²) in [7, 11) is 0. The quantitative estimate of drug-likeness (QED) is 0.654. The van der Waals surface area contributed by atoms with Crippen LogP contribution in [0, 0.1) is 5.82 Å². The Morgan fingerprint density at radius 1 is 1.15 bits per heavy atom. The molecule has 2 aromatic carbocycles. The van der Waals surface area contributed by atoms with E-state index in [0.717, 1.165) is 4.57 Å². The Labute approximate surface area is 167 Å². The van der Waals surface area contributed by atoms with Gasteiger partial charge < -0.3 is 5.11 Å². The summed E-state index contributed by atoms with van der Waals surface area (Å²) in [6.07, 6.45) is 0.